The molecule has 4 heteroatoms. The molecule has 0 aliphatic carbocycles. The maximum atomic E-state index is 12.6. The molecule has 2 N–H and O–H groups in total. The lowest BCUT2D eigenvalue weighted by Gasteiger charge is -2.18. The molecule has 294 valence electrons. The van der Waals surface area contributed by atoms with E-state index in [-0.39, 0.29) is 17.9 Å². The lowest BCUT2D eigenvalue weighted by Crippen LogP contribution is -2.46. The molecule has 4 nitrogen and oxygen atoms in total. The fraction of sp³-hybridized carbons (Fsp3) is 0.870. The van der Waals surface area contributed by atoms with Crippen LogP contribution in [0.25, 0.3) is 0 Å². The predicted molar refractivity (Wildman–Crippen MR) is 222 cm³/mol. The van der Waals surface area contributed by atoms with Gasteiger partial charge in [0, 0.05) is 13.0 Å². The summed E-state index contributed by atoms with van der Waals surface area (Å²) in [6.07, 6.45) is 53.7. The zero-order valence-electron chi connectivity index (χ0n) is 34.2. The summed E-state index contributed by atoms with van der Waals surface area (Å²) in [5.74, 6) is 0.0191. The van der Waals surface area contributed by atoms with Gasteiger partial charge < -0.3 is 10.6 Å². The minimum absolute atomic E-state index is 0.0222. The Kier molecular flexibility index (Phi) is 40.5. The Morgan fingerprint density at radius 1 is 0.420 bits per heavy atom. The van der Waals surface area contributed by atoms with Gasteiger partial charge in [0.25, 0.3) is 0 Å². The smallest absolute Gasteiger partial charge is 0.242 e. The van der Waals surface area contributed by atoms with Gasteiger partial charge in [-0.25, -0.2) is 0 Å². The Bertz CT molecular complexity index is 761. The normalized spacial score (nSPS) is 12.3. The van der Waals surface area contributed by atoms with Gasteiger partial charge in [0.2, 0.25) is 11.8 Å². The van der Waals surface area contributed by atoms with Crippen molar-refractivity contribution in [1.82, 2.24) is 10.6 Å². The Morgan fingerprint density at radius 3 is 1.10 bits per heavy atom. The predicted octanol–water partition coefficient (Wildman–Crippen LogP) is 14.4. The van der Waals surface area contributed by atoms with Gasteiger partial charge in [0.05, 0.1) is 0 Å². The first-order valence-corrected chi connectivity index (χ1v) is 22.5. The highest BCUT2D eigenvalue weighted by molar-refractivity contribution is 5.87. The molecular weight excluding hydrogens is 613 g/mol. The van der Waals surface area contributed by atoms with Crippen molar-refractivity contribution in [2.45, 2.75) is 252 Å². The van der Waals surface area contributed by atoms with Crippen molar-refractivity contribution in [3.05, 3.63) is 24.3 Å². The van der Waals surface area contributed by atoms with Gasteiger partial charge in [-0.2, -0.15) is 0 Å². The summed E-state index contributed by atoms with van der Waals surface area (Å²) in [4.78, 5) is 25.2. The monoisotopic (exact) mass is 701 g/mol. The van der Waals surface area contributed by atoms with E-state index in [2.05, 4.69) is 48.8 Å². The Labute approximate surface area is 313 Å². The van der Waals surface area contributed by atoms with Crippen LogP contribution in [0.5, 0.6) is 0 Å². The molecule has 0 aromatic rings. The molecule has 0 bridgehead atoms. The molecule has 0 radical (unpaired) electrons. The summed E-state index contributed by atoms with van der Waals surface area (Å²) in [5.41, 5.74) is 0. The fourth-order valence-corrected chi connectivity index (χ4v) is 6.85. The number of unbranched alkanes of at least 4 members (excludes halogenated alkanes) is 29. The number of amides is 2. The molecular formula is C46H88N2O2. The van der Waals surface area contributed by atoms with Crippen LogP contribution in [-0.2, 0) is 9.59 Å². The van der Waals surface area contributed by atoms with Crippen LogP contribution in [0.3, 0.4) is 0 Å². The summed E-state index contributed by atoms with van der Waals surface area (Å²) >= 11 is 0. The summed E-state index contributed by atoms with van der Waals surface area (Å²) in [6, 6.07) is -0.382. The van der Waals surface area contributed by atoms with E-state index >= 15 is 0 Å². The van der Waals surface area contributed by atoms with Crippen molar-refractivity contribution in [3.63, 3.8) is 0 Å². The quantitative estimate of drug-likeness (QED) is 0.0494. The SMILES string of the molecule is CCCCCCCCC=CCCCCCCCCCCCC(=O)NC(CCCCCCCCCCC=CCCCCCCCC)C(=O)NCC. The molecule has 1 atom stereocenters. The number of carbonyl (C=O) groups excluding carboxylic acids is 2. The van der Waals surface area contributed by atoms with Gasteiger partial charge >= 0.3 is 0 Å². The van der Waals surface area contributed by atoms with E-state index in [4.69, 9.17) is 0 Å². The number of nitrogens with one attached hydrogen (secondary N) is 2. The van der Waals surface area contributed by atoms with E-state index in [0.717, 1.165) is 32.1 Å². The molecule has 0 heterocycles. The zero-order valence-corrected chi connectivity index (χ0v) is 34.2. The number of carbonyl (C=O) groups is 2. The maximum Gasteiger partial charge on any atom is 0.242 e. The molecule has 0 aromatic heterocycles. The standard InChI is InChI=1S/C46H88N2O2/c1-4-7-9-11-13-15-17-19-21-23-25-27-29-31-33-35-37-39-41-43-45(49)48-44(46(50)47-6-3)42-40-38-36-34-32-30-28-26-24-22-20-18-16-14-12-10-8-5-2/h19-22,44H,4-18,23-43H2,1-3H3,(H,47,50)(H,48,49). The Hall–Kier alpha value is -1.58. The lowest BCUT2D eigenvalue weighted by molar-refractivity contribution is -0.129. The topological polar surface area (TPSA) is 58.2 Å². The molecule has 50 heavy (non-hydrogen) atoms. The van der Waals surface area contributed by atoms with E-state index in [1.807, 2.05) is 6.92 Å². The van der Waals surface area contributed by atoms with Gasteiger partial charge in [-0.3, -0.25) is 9.59 Å². The van der Waals surface area contributed by atoms with Crippen molar-refractivity contribution in [2.75, 3.05) is 6.54 Å². The number of allylic oxidation sites excluding steroid dienone is 4. The van der Waals surface area contributed by atoms with Gasteiger partial charge in [-0.15, -0.1) is 0 Å². The Balaban J connectivity index is 3.71. The highest BCUT2D eigenvalue weighted by atomic mass is 16.2. The maximum absolute atomic E-state index is 12.6. The number of hydrogen-bond donors (Lipinski definition) is 2. The second kappa shape index (κ2) is 41.8. The van der Waals surface area contributed by atoms with E-state index in [1.54, 1.807) is 0 Å². The van der Waals surface area contributed by atoms with Crippen LogP contribution < -0.4 is 10.6 Å². The van der Waals surface area contributed by atoms with E-state index < -0.39 is 0 Å². The van der Waals surface area contributed by atoms with Crippen molar-refractivity contribution in [2.24, 2.45) is 0 Å². The van der Waals surface area contributed by atoms with Crippen LogP contribution in [0.1, 0.15) is 245 Å². The number of hydrogen-bond acceptors (Lipinski definition) is 2. The molecule has 0 saturated heterocycles. The van der Waals surface area contributed by atoms with Gasteiger partial charge in [-0.1, -0.05) is 192 Å². The van der Waals surface area contributed by atoms with Crippen LogP contribution in [-0.4, -0.2) is 24.4 Å². The van der Waals surface area contributed by atoms with Crippen LogP contribution >= 0.6 is 0 Å². The second-order valence-electron chi connectivity index (χ2n) is 15.2. The van der Waals surface area contributed by atoms with Gasteiger partial charge in [0.1, 0.15) is 6.04 Å². The molecule has 0 aliphatic heterocycles. The summed E-state index contributed by atoms with van der Waals surface area (Å²) in [7, 11) is 0. The van der Waals surface area contributed by atoms with E-state index in [9.17, 15) is 9.59 Å². The van der Waals surface area contributed by atoms with Crippen LogP contribution in [0.2, 0.25) is 0 Å². The summed E-state index contributed by atoms with van der Waals surface area (Å²) < 4.78 is 0. The van der Waals surface area contributed by atoms with Crippen molar-refractivity contribution < 1.29 is 9.59 Å². The average Bonchev–Trinajstić information content (AvgIpc) is 3.11. The minimum atomic E-state index is -0.382. The fourth-order valence-electron chi connectivity index (χ4n) is 6.85. The van der Waals surface area contributed by atoms with Crippen LogP contribution in [0.4, 0.5) is 0 Å². The first-order valence-electron chi connectivity index (χ1n) is 22.5. The zero-order chi connectivity index (χ0) is 36.4. The molecule has 1 unspecified atom stereocenters. The van der Waals surface area contributed by atoms with Crippen molar-refractivity contribution in [1.29, 1.82) is 0 Å². The second-order valence-corrected chi connectivity index (χ2v) is 15.2. The summed E-state index contributed by atoms with van der Waals surface area (Å²) in [5, 5.41) is 5.98. The lowest BCUT2D eigenvalue weighted by atomic mass is 10.0. The molecule has 0 rings (SSSR count). The van der Waals surface area contributed by atoms with Gasteiger partial charge in [-0.05, 0) is 71.1 Å². The van der Waals surface area contributed by atoms with Gasteiger partial charge in [0.15, 0.2) is 0 Å². The van der Waals surface area contributed by atoms with Crippen molar-refractivity contribution >= 4 is 11.8 Å². The van der Waals surface area contributed by atoms with Crippen molar-refractivity contribution in [3.8, 4) is 0 Å². The Morgan fingerprint density at radius 2 is 0.740 bits per heavy atom. The third-order valence-electron chi connectivity index (χ3n) is 10.2. The highest BCUT2D eigenvalue weighted by Crippen LogP contribution is 2.15. The molecule has 0 aliphatic rings. The third-order valence-corrected chi connectivity index (χ3v) is 10.2. The highest BCUT2D eigenvalue weighted by Gasteiger charge is 2.19. The third kappa shape index (κ3) is 37.7. The largest absolute Gasteiger partial charge is 0.355 e. The van der Waals surface area contributed by atoms with Crippen LogP contribution in [0, 0.1) is 0 Å². The van der Waals surface area contributed by atoms with Crippen LogP contribution in [0.15, 0.2) is 24.3 Å². The molecule has 0 spiro atoms. The minimum Gasteiger partial charge on any atom is -0.355 e. The number of rotatable bonds is 40. The summed E-state index contributed by atoms with van der Waals surface area (Å²) in [6.45, 7) is 7.11. The van der Waals surface area contributed by atoms with E-state index in [0.29, 0.717) is 13.0 Å². The average molecular weight is 701 g/mol. The van der Waals surface area contributed by atoms with E-state index in [1.165, 1.54) is 186 Å². The number of likely N-dealkylation sites (N-methyl/N-ethyl adjacent to an activating group) is 1. The first-order chi connectivity index (χ1) is 24.7. The molecule has 0 fully saturated rings. The molecule has 2 amide bonds. The molecule has 0 aromatic carbocycles. The first kappa shape index (κ1) is 48.4. The molecule has 0 saturated carbocycles.